The van der Waals surface area contributed by atoms with Gasteiger partial charge in [-0.3, -0.25) is 0 Å². The molecule has 0 saturated carbocycles. The van der Waals surface area contributed by atoms with Gasteiger partial charge in [0.15, 0.2) is 0 Å². The molecule has 4 heteroatoms. The first kappa shape index (κ1) is 16.8. The summed E-state index contributed by atoms with van der Waals surface area (Å²) in [5.74, 6) is 0.542. The molecule has 0 aliphatic heterocycles. The molecular formula is C13H30N2O2. The molecule has 0 radical (unpaired) electrons. The van der Waals surface area contributed by atoms with Crippen molar-refractivity contribution in [1.82, 2.24) is 0 Å². The molecule has 0 aliphatic rings. The van der Waals surface area contributed by atoms with Crippen molar-refractivity contribution in [1.29, 1.82) is 0 Å². The predicted molar refractivity (Wildman–Crippen MR) is 71.2 cm³/mol. The van der Waals surface area contributed by atoms with Gasteiger partial charge in [0.25, 0.3) is 0 Å². The van der Waals surface area contributed by atoms with E-state index >= 15 is 0 Å². The summed E-state index contributed by atoms with van der Waals surface area (Å²) in [6, 6.07) is 0. The van der Waals surface area contributed by atoms with Crippen LogP contribution in [-0.4, -0.2) is 23.2 Å². The molecule has 0 spiro atoms. The average molecular weight is 246 g/mol. The molecule has 0 aromatic rings. The highest BCUT2D eigenvalue weighted by Crippen LogP contribution is 2.32. The molecule has 0 aliphatic carbocycles. The first-order valence-electron chi connectivity index (χ1n) is 6.33. The maximum absolute atomic E-state index is 9.18. The molecule has 4 nitrogen and oxygen atoms in total. The van der Waals surface area contributed by atoms with E-state index in [0.717, 1.165) is 6.42 Å². The van der Waals surface area contributed by atoms with Gasteiger partial charge in [0, 0.05) is 6.42 Å². The minimum atomic E-state index is -0.865. The minimum absolute atomic E-state index is 0.136. The maximum atomic E-state index is 9.18. The smallest absolute Gasteiger partial charge is 0.106 e. The summed E-state index contributed by atoms with van der Waals surface area (Å²) in [7, 11) is 0. The molecule has 0 aromatic heterocycles. The fraction of sp³-hybridized carbons (Fsp3) is 1.00. The van der Waals surface area contributed by atoms with Gasteiger partial charge < -0.3 is 21.3 Å². The van der Waals surface area contributed by atoms with Crippen LogP contribution in [-0.2, 0) is 4.74 Å². The van der Waals surface area contributed by atoms with E-state index < -0.39 is 11.8 Å². The fourth-order valence-corrected chi connectivity index (χ4v) is 1.76. The topological polar surface area (TPSA) is 81.5 Å². The molecule has 0 amide bonds. The lowest BCUT2D eigenvalue weighted by Gasteiger charge is -2.36. The number of ether oxygens (including phenoxy) is 1. The number of rotatable bonds is 7. The van der Waals surface area contributed by atoms with E-state index in [2.05, 4.69) is 27.7 Å². The van der Waals surface area contributed by atoms with Crippen LogP contribution in [0.15, 0.2) is 0 Å². The van der Waals surface area contributed by atoms with Crippen molar-refractivity contribution in [3.05, 3.63) is 0 Å². The standard InChI is InChI=1S/C13H30N2O2/c1-9(2)12(3,4)8-11(15)17-13(5,6)7-10(14)16/h9-11,16H,7-8,14-15H2,1-6H3. The molecule has 0 aromatic carbocycles. The van der Waals surface area contributed by atoms with Crippen LogP contribution in [0.4, 0.5) is 0 Å². The van der Waals surface area contributed by atoms with Crippen molar-refractivity contribution in [3.63, 3.8) is 0 Å². The Bertz CT molecular complexity index is 225. The zero-order valence-electron chi connectivity index (χ0n) is 12.2. The Morgan fingerprint density at radius 3 is 1.88 bits per heavy atom. The van der Waals surface area contributed by atoms with Crippen molar-refractivity contribution < 1.29 is 9.84 Å². The van der Waals surface area contributed by atoms with Crippen LogP contribution in [0.2, 0.25) is 0 Å². The summed E-state index contributed by atoms with van der Waals surface area (Å²) in [5, 5.41) is 9.18. The Hall–Kier alpha value is -0.160. The lowest BCUT2D eigenvalue weighted by atomic mass is 9.78. The van der Waals surface area contributed by atoms with Gasteiger partial charge in [0.2, 0.25) is 0 Å². The summed E-state index contributed by atoms with van der Waals surface area (Å²) in [6.45, 7) is 12.5. The van der Waals surface area contributed by atoms with E-state index in [1.807, 2.05) is 13.8 Å². The monoisotopic (exact) mass is 246 g/mol. The van der Waals surface area contributed by atoms with Crippen molar-refractivity contribution in [3.8, 4) is 0 Å². The molecule has 104 valence electrons. The second-order valence-corrected chi connectivity index (χ2v) is 6.53. The van der Waals surface area contributed by atoms with Crippen LogP contribution in [0.3, 0.4) is 0 Å². The van der Waals surface area contributed by atoms with Crippen molar-refractivity contribution in [2.45, 2.75) is 72.4 Å². The Balaban J connectivity index is 4.31. The molecule has 17 heavy (non-hydrogen) atoms. The molecule has 0 rings (SSSR count). The summed E-state index contributed by atoms with van der Waals surface area (Å²) >= 11 is 0. The van der Waals surface area contributed by atoms with E-state index in [9.17, 15) is 5.11 Å². The average Bonchev–Trinajstić information content (AvgIpc) is 1.96. The molecular weight excluding hydrogens is 216 g/mol. The van der Waals surface area contributed by atoms with Crippen LogP contribution in [0.1, 0.15) is 54.4 Å². The minimum Gasteiger partial charge on any atom is -0.379 e. The zero-order chi connectivity index (χ0) is 13.9. The van der Waals surface area contributed by atoms with Gasteiger partial charge in [-0.15, -0.1) is 0 Å². The largest absolute Gasteiger partial charge is 0.379 e. The number of hydrogen-bond donors (Lipinski definition) is 3. The SMILES string of the molecule is CC(C)C(C)(C)CC(N)OC(C)(C)CC(N)O. The van der Waals surface area contributed by atoms with Gasteiger partial charge in [-0.2, -0.15) is 0 Å². The first-order valence-corrected chi connectivity index (χ1v) is 6.33. The summed E-state index contributed by atoms with van der Waals surface area (Å²) in [4.78, 5) is 0. The quantitative estimate of drug-likeness (QED) is 0.598. The Labute approximate surface area is 106 Å². The van der Waals surface area contributed by atoms with E-state index in [1.165, 1.54) is 0 Å². The first-order chi connectivity index (χ1) is 7.46. The zero-order valence-corrected chi connectivity index (χ0v) is 12.2. The van der Waals surface area contributed by atoms with E-state index in [-0.39, 0.29) is 11.6 Å². The highest BCUT2D eigenvalue weighted by molar-refractivity contribution is 4.78. The number of hydrogen-bond acceptors (Lipinski definition) is 4. The summed E-state index contributed by atoms with van der Waals surface area (Å²) < 4.78 is 5.77. The maximum Gasteiger partial charge on any atom is 0.106 e. The molecule has 5 N–H and O–H groups in total. The van der Waals surface area contributed by atoms with Gasteiger partial charge >= 0.3 is 0 Å². The lowest BCUT2D eigenvalue weighted by molar-refractivity contribution is -0.105. The second-order valence-electron chi connectivity index (χ2n) is 6.53. The van der Waals surface area contributed by atoms with Gasteiger partial charge in [0.05, 0.1) is 5.60 Å². The van der Waals surface area contributed by atoms with Gasteiger partial charge in [0.1, 0.15) is 12.5 Å². The summed E-state index contributed by atoms with van der Waals surface area (Å²) in [6.07, 6.45) is -0.0335. The molecule has 0 fully saturated rings. The van der Waals surface area contributed by atoms with Crippen molar-refractivity contribution in [2.75, 3.05) is 0 Å². The third-order valence-corrected chi connectivity index (χ3v) is 3.46. The van der Waals surface area contributed by atoms with E-state index in [0.29, 0.717) is 12.3 Å². The third-order valence-electron chi connectivity index (χ3n) is 3.46. The lowest BCUT2D eigenvalue weighted by Crippen LogP contribution is -2.42. The van der Waals surface area contributed by atoms with Crippen LogP contribution in [0, 0.1) is 11.3 Å². The molecule has 0 bridgehead atoms. The molecule has 0 heterocycles. The van der Waals surface area contributed by atoms with Crippen LogP contribution in [0.5, 0.6) is 0 Å². The highest BCUT2D eigenvalue weighted by Gasteiger charge is 2.29. The summed E-state index contributed by atoms with van der Waals surface area (Å²) in [5.41, 5.74) is 11.0. The fourth-order valence-electron chi connectivity index (χ4n) is 1.76. The molecule has 2 unspecified atom stereocenters. The van der Waals surface area contributed by atoms with Gasteiger partial charge in [-0.05, 0) is 31.6 Å². The Morgan fingerprint density at radius 1 is 1.06 bits per heavy atom. The third kappa shape index (κ3) is 6.99. The molecule has 2 atom stereocenters. The van der Waals surface area contributed by atoms with Crippen molar-refractivity contribution in [2.24, 2.45) is 22.8 Å². The predicted octanol–water partition coefficient (Wildman–Crippen LogP) is 1.81. The number of aliphatic hydroxyl groups excluding tert-OH is 1. The second kappa shape index (κ2) is 6.14. The van der Waals surface area contributed by atoms with Crippen LogP contribution in [0.25, 0.3) is 0 Å². The normalized spacial score (nSPS) is 17.3. The highest BCUT2D eigenvalue weighted by atomic mass is 16.5. The van der Waals surface area contributed by atoms with Crippen LogP contribution >= 0.6 is 0 Å². The Kier molecular flexibility index (Phi) is 6.08. The van der Waals surface area contributed by atoms with Gasteiger partial charge in [-0.25, -0.2) is 0 Å². The Morgan fingerprint density at radius 2 is 1.53 bits per heavy atom. The van der Waals surface area contributed by atoms with Crippen molar-refractivity contribution >= 4 is 0 Å². The van der Waals surface area contributed by atoms with Gasteiger partial charge in [-0.1, -0.05) is 27.7 Å². The van der Waals surface area contributed by atoms with E-state index in [1.54, 1.807) is 0 Å². The number of aliphatic hydroxyl groups is 1. The van der Waals surface area contributed by atoms with Crippen LogP contribution < -0.4 is 11.5 Å². The molecule has 0 saturated heterocycles. The number of nitrogens with two attached hydrogens (primary N) is 2. The van der Waals surface area contributed by atoms with E-state index in [4.69, 9.17) is 16.2 Å².